The molecule has 0 saturated carbocycles. The van der Waals surface area contributed by atoms with Gasteiger partial charge < -0.3 is 11.1 Å². The van der Waals surface area contributed by atoms with E-state index in [4.69, 9.17) is 5.73 Å². The number of rotatable bonds is 6. The fourth-order valence-electron chi connectivity index (χ4n) is 2.04. The maximum absolute atomic E-state index is 6.14. The van der Waals surface area contributed by atoms with Crippen molar-refractivity contribution in [2.45, 2.75) is 32.6 Å². The number of hydrogen-bond donors (Lipinski definition) is 2. The molecule has 1 atom stereocenters. The van der Waals surface area contributed by atoms with Crippen LogP contribution in [-0.4, -0.2) is 21.3 Å². The first-order chi connectivity index (χ1) is 9.13. The molecule has 104 valence electrons. The average molecular weight is 279 g/mol. The van der Waals surface area contributed by atoms with Crippen LogP contribution in [0, 0.1) is 0 Å². The van der Waals surface area contributed by atoms with Crippen LogP contribution in [0.3, 0.4) is 0 Å². The molecule has 0 aliphatic rings. The zero-order valence-electron chi connectivity index (χ0n) is 11.7. The lowest BCUT2D eigenvalue weighted by molar-refractivity contribution is 0.724. The van der Waals surface area contributed by atoms with E-state index < -0.39 is 0 Å². The van der Waals surface area contributed by atoms with Gasteiger partial charge in [0.15, 0.2) is 0 Å². The van der Waals surface area contributed by atoms with Crippen LogP contribution in [-0.2, 0) is 13.5 Å². The van der Waals surface area contributed by atoms with Crippen LogP contribution < -0.4 is 11.1 Å². The maximum atomic E-state index is 6.14. The minimum absolute atomic E-state index is 0.365. The fourth-order valence-corrected chi connectivity index (χ4v) is 2.74. The number of aromatic nitrogens is 3. The Labute approximate surface area is 117 Å². The molecule has 0 aliphatic heterocycles. The molecule has 1 unspecified atom stereocenters. The predicted octanol–water partition coefficient (Wildman–Crippen LogP) is 2.63. The number of nitrogens with two attached hydrogens (primary N) is 1. The minimum Gasteiger partial charge on any atom is -0.394 e. The van der Waals surface area contributed by atoms with Gasteiger partial charge in [-0.3, -0.25) is 4.68 Å². The quantitative estimate of drug-likeness (QED) is 0.853. The van der Waals surface area contributed by atoms with Crippen molar-refractivity contribution in [3.8, 4) is 0 Å². The number of nitrogen functional groups attached to an aromatic ring is 1. The fraction of sp³-hybridized carbons (Fsp3) is 0.538. The number of thiazole rings is 1. The van der Waals surface area contributed by atoms with Crippen LogP contribution >= 0.6 is 11.3 Å². The first-order valence-electron chi connectivity index (χ1n) is 6.58. The summed E-state index contributed by atoms with van der Waals surface area (Å²) in [5, 5.41) is 11.0. The van der Waals surface area contributed by atoms with Crippen LogP contribution in [0.5, 0.6) is 0 Å². The first-order valence-corrected chi connectivity index (χ1v) is 7.46. The van der Waals surface area contributed by atoms with E-state index in [1.54, 1.807) is 11.3 Å². The van der Waals surface area contributed by atoms with E-state index in [0.717, 1.165) is 41.6 Å². The predicted molar refractivity (Wildman–Crippen MR) is 80.6 cm³/mol. The van der Waals surface area contributed by atoms with Gasteiger partial charge in [-0.2, -0.15) is 5.10 Å². The molecule has 0 aliphatic carbocycles. The lowest BCUT2D eigenvalue weighted by Crippen LogP contribution is -2.13. The molecule has 0 fully saturated rings. The van der Waals surface area contributed by atoms with Crippen molar-refractivity contribution >= 4 is 22.8 Å². The first kappa shape index (κ1) is 13.9. The molecule has 2 aromatic heterocycles. The van der Waals surface area contributed by atoms with E-state index >= 15 is 0 Å². The molecule has 0 aromatic carbocycles. The topological polar surface area (TPSA) is 68.8 Å². The molecule has 0 spiro atoms. The highest BCUT2D eigenvalue weighted by atomic mass is 32.1. The highest BCUT2D eigenvalue weighted by Crippen LogP contribution is 2.25. The van der Waals surface area contributed by atoms with Crippen molar-refractivity contribution in [1.82, 2.24) is 14.8 Å². The summed E-state index contributed by atoms with van der Waals surface area (Å²) < 4.78 is 1.83. The van der Waals surface area contributed by atoms with Crippen LogP contribution in [0.1, 0.15) is 36.9 Å². The van der Waals surface area contributed by atoms with E-state index in [-0.39, 0.29) is 0 Å². The van der Waals surface area contributed by atoms with E-state index in [1.165, 1.54) is 0 Å². The van der Waals surface area contributed by atoms with Crippen LogP contribution in [0.4, 0.5) is 11.5 Å². The van der Waals surface area contributed by atoms with Gasteiger partial charge in [0, 0.05) is 31.1 Å². The summed E-state index contributed by atoms with van der Waals surface area (Å²) in [7, 11) is 1.92. The normalized spacial score (nSPS) is 12.6. The van der Waals surface area contributed by atoms with Gasteiger partial charge in [0.2, 0.25) is 0 Å². The third-order valence-corrected chi connectivity index (χ3v) is 4.10. The minimum atomic E-state index is 0.365. The number of nitrogens with zero attached hydrogens (tertiary/aromatic N) is 3. The van der Waals surface area contributed by atoms with Gasteiger partial charge in [0.05, 0.1) is 16.4 Å². The monoisotopic (exact) mass is 279 g/mol. The number of nitrogens with one attached hydrogen (secondary N) is 1. The van der Waals surface area contributed by atoms with Crippen LogP contribution in [0.15, 0.2) is 11.6 Å². The summed E-state index contributed by atoms with van der Waals surface area (Å²) in [5.74, 6) is 1.27. The molecular weight excluding hydrogens is 258 g/mol. The summed E-state index contributed by atoms with van der Waals surface area (Å²) in [5.41, 5.74) is 7.89. The molecule has 5 nitrogen and oxygen atoms in total. The molecule has 6 heteroatoms. The molecule has 2 aromatic rings. The molecular formula is C13H21N5S. The van der Waals surface area contributed by atoms with Gasteiger partial charge in [-0.05, 0) is 6.42 Å². The zero-order valence-corrected chi connectivity index (χ0v) is 12.5. The van der Waals surface area contributed by atoms with Gasteiger partial charge in [-0.15, -0.1) is 11.3 Å². The third-order valence-electron chi connectivity index (χ3n) is 3.10. The summed E-state index contributed by atoms with van der Waals surface area (Å²) in [6.07, 6.45) is 3.81. The number of anilines is 2. The maximum Gasteiger partial charge on any atom is 0.147 e. The van der Waals surface area contributed by atoms with Crippen LogP contribution in [0.25, 0.3) is 0 Å². The van der Waals surface area contributed by atoms with Crippen molar-refractivity contribution in [2.75, 3.05) is 17.6 Å². The summed E-state index contributed by atoms with van der Waals surface area (Å²) in [4.78, 5) is 4.33. The lowest BCUT2D eigenvalue weighted by atomic mass is 10.2. The second-order valence-electron chi connectivity index (χ2n) is 4.73. The number of aryl methyl sites for hydroxylation is 2. The Hall–Kier alpha value is -1.56. The molecule has 0 saturated heterocycles. The number of hydrogen-bond acceptors (Lipinski definition) is 5. The molecule has 2 heterocycles. The highest BCUT2D eigenvalue weighted by molar-refractivity contribution is 7.09. The molecule has 0 radical (unpaired) electrons. The van der Waals surface area contributed by atoms with E-state index in [1.807, 2.05) is 23.3 Å². The van der Waals surface area contributed by atoms with Gasteiger partial charge >= 0.3 is 0 Å². The van der Waals surface area contributed by atoms with E-state index in [0.29, 0.717) is 5.92 Å². The Balaban J connectivity index is 2.03. The van der Waals surface area contributed by atoms with Crippen molar-refractivity contribution in [2.24, 2.45) is 7.05 Å². The lowest BCUT2D eigenvalue weighted by Gasteiger charge is -2.12. The highest BCUT2D eigenvalue weighted by Gasteiger charge is 2.14. The Bertz CT molecular complexity index is 517. The van der Waals surface area contributed by atoms with Gasteiger partial charge in [-0.1, -0.05) is 20.3 Å². The smallest absolute Gasteiger partial charge is 0.147 e. The second kappa shape index (κ2) is 6.06. The van der Waals surface area contributed by atoms with E-state index in [2.05, 4.69) is 29.2 Å². The van der Waals surface area contributed by atoms with Crippen molar-refractivity contribution < 1.29 is 0 Å². The van der Waals surface area contributed by atoms with Gasteiger partial charge in [-0.25, -0.2) is 4.98 Å². The van der Waals surface area contributed by atoms with Gasteiger partial charge in [0.1, 0.15) is 5.82 Å². The average Bonchev–Trinajstić information content (AvgIpc) is 2.99. The molecule has 0 amide bonds. The Morgan fingerprint density at radius 2 is 2.32 bits per heavy atom. The zero-order chi connectivity index (χ0) is 13.8. The Morgan fingerprint density at radius 3 is 2.95 bits per heavy atom. The summed E-state index contributed by atoms with van der Waals surface area (Å²) in [6.45, 7) is 5.10. The van der Waals surface area contributed by atoms with Crippen LogP contribution in [0.2, 0.25) is 0 Å². The summed E-state index contributed by atoms with van der Waals surface area (Å²) >= 11 is 1.68. The van der Waals surface area contributed by atoms with Crippen molar-refractivity contribution in [3.63, 3.8) is 0 Å². The van der Waals surface area contributed by atoms with E-state index in [9.17, 15) is 0 Å². The molecule has 19 heavy (non-hydrogen) atoms. The Kier molecular flexibility index (Phi) is 4.42. The Morgan fingerprint density at radius 1 is 1.53 bits per heavy atom. The second-order valence-corrected chi connectivity index (χ2v) is 5.66. The van der Waals surface area contributed by atoms with Crippen molar-refractivity contribution in [3.05, 3.63) is 22.3 Å². The standard InChI is InChI=1S/C13H21N5S/c1-4-5-10-11(14)12(18(3)17-10)16-8-9(2)13-15-6-7-19-13/h6-7,9,16H,4-5,8,14H2,1-3H3. The SMILES string of the molecule is CCCc1nn(C)c(NCC(C)c2nccs2)c1N. The van der Waals surface area contributed by atoms with Crippen molar-refractivity contribution in [1.29, 1.82) is 0 Å². The molecule has 0 bridgehead atoms. The third kappa shape index (κ3) is 3.07. The molecule has 2 rings (SSSR count). The summed E-state index contributed by atoms with van der Waals surface area (Å²) in [6, 6.07) is 0. The molecule has 3 N–H and O–H groups in total. The van der Waals surface area contributed by atoms with Gasteiger partial charge in [0.25, 0.3) is 0 Å². The largest absolute Gasteiger partial charge is 0.394 e.